The molecule has 0 unspecified atom stereocenters. The van der Waals surface area contributed by atoms with E-state index in [4.69, 9.17) is 0 Å². The lowest BCUT2D eigenvalue weighted by Gasteiger charge is -2.46. The van der Waals surface area contributed by atoms with Gasteiger partial charge in [-0.05, 0) is 37.0 Å². The van der Waals surface area contributed by atoms with Crippen molar-refractivity contribution < 1.29 is 9.50 Å². The van der Waals surface area contributed by atoms with Crippen molar-refractivity contribution >= 4 is 5.82 Å². The molecule has 2 saturated heterocycles. The van der Waals surface area contributed by atoms with Crippen LogP contribution in [0.5, 0.6) is 5.75 Å². The summed E-state index contributed by atoms with van der Waals surface area (Å²) in [5.41, 5.74) is 2.93. The Morgan fingerprint density at radius 3 is 2.77 bits per heavy atom. The Hall–Kier alpha value is -3.00. The molecule has 1 aromatic carbocycles. The number of aromatic hydroxyl groups is 1. The van der Waals surface area contributed by atoms with Gasteiger partial charge in [0.2, 0.25) is 0 Å². The van der Waals surface area contributed by atoms with Gasteiger partial charge in [0.05, 0.1) is 30.3 Å². The molecular formula is C22H25FN6O. The maximum absolute atomic E-state index is 15.0. The van der Waals surface area contributed by atoms with Crippen molar-refractivity contribution in [3.8, 4) is 28.1 Å². The molecule has 0 aliphatic carbocycles. The number of alkyl halides is 1. The third-order valence-corrected chi connectivity index (χ3v) is 6.40. The number of nitrogens with zero attached hydrogens (tertiary/aromatic N) is 4. The standard InChI is InChI=1S/C22H25FN6O/c1-29(19-8-15-3-2-4-17(28-15)22(19)23)21-12-24-18(11-25-21)16-6-5-13(7-20(16)30)14-9-26-27-10-14/h5-7,9-12,15,17,19,22,28,30H,2-4,8H2,1H3,(H,26,27)/t15-,17+,19-,22+/m1/s1. The molecule has 30 heavy (non-hydrogen) atoms. The first-order chi connectivity index (χ1) is 14.6. The van der Waals surface area contributed by atoms with Crippen molar-refractivity contribution in [2.24, 2.45) is 0 Å². The van der Waals surface area contributed by atoms with E-state index in [2.05, 4.69) is 25.5 Å². The van der Waals surface area contributed by atoms with Gasteiger partial charge in [-0.2, -0.15) is 5.10 Å². The zero-order valence-electron chi connectivity index (χ0n) is 16.8. The number of benzene rings is 1. The van der Waals surface area contributed by atoms with Crippen LogP contribution in [0.25, 0.3) is 22.4 Å². The second-order valence-electron chi connectivity index (χ2n) is 8.24. The van der Waals surface area contributed by atoms with Crippen LogP contribution in [0, 0.1) is 0 Å². The topological polar surface area (TPSA) is 90.0 Å². The smallest absolute Gasteiger partial charge is 0.147 e. The number of phenolic OH excluding ortho intramolecular Hbond substituents is 1. The lowest BCUT2D eigenvalue weighted by Crippen LogP contribution is -2.61. The van der Waals surface area contributed by atoms with Crippen LogP contribution in [0.3, 0.4) is 0 Å². The van der Waals surface area contributed by atoms with Crippen molar-refractivity contribution in [1.82, 2.24) is 25.5 Å². The summed E-state index contributed by atoms with van der Waals surface area (Å²) in [5, 5.41) is 20.6. The zero-order chi connectivity index (χ0) is 20.7. The molecule has 3 N–H and O–H groups in total. The summed E-state index contributed by atoms with van der Waals surface area (Å²) in [7, 11) is 1.89. The lowest BCUT2D eigenvalue weighted by molar-refractivity contribution is 0.107. The van der Waals surface area contributed by atoms with Gasteiger partial charge in [0, 0.05) is 36.5 Å². The number of piperidine rings is 2. The molecule has 156 valence electrons. The number of hydrogen-bond acceptors (Lipinski definition) is 6. The lowest BCUT2D eigenvalue weighted by atomic mass is 9.82. The molecule has 4 atom stereocenters. The highest BCUT2D eigenvalue weighted by molar-refractivity contribution is 5.73. The fraction of sp³-hybridized carbons (Fsp3) is 0.409. The predicted octanol–water partition coefficient (Wildman–Crippen LogP) is 3.30. The molecule has 0 saturated carbocycles. The van der Waals surface area contributed by atoms with Gasteiger partial charge in [-0.15, -0.1) is 0 Å². The number of aromatic nitrogens is 4. The van der Waals surface area contributed by atoms with Crippen molar-refractivity contribution in [2.75, 3.05) is 11.9 Å². The maximum atomic E-state index is 15.0. The largest absolute Gasteiger partial charge is 0.507 e. The summed E-state index contributed by atoms with van der Waals surface area (Å²) in [6.07, 6.45) is 9.69. The molecule has 2 bridgehead atoms. The Morgan fingerprint density at radius 2 is 2.03 bits per heavy atom. The van der Waals surface area contributed by atoms with E-state index >= 15 is 4.39 Å². The van der Waals surface area contributed by atoms with E-state index in [9.17, 15) is 5.11 Å². The van der Waals surface area contributed by atoms with E-state index in [1.54, 1.807) is 30.9 Å². The highest BCUT2D eigenvalue weighted by atomic mass is 19.1. The summed E-state index contributed by atoms with van der Waals surface area (Å²) in [5.74, 6) is 0.764. The minimum Gasteiger partial charge on any atom is -0.507 e. The van der Waals surface area contributed by atoms with Crippen LogP contribution in [0.4, 0.5) is 10.2 Å². The van der Waals surface area contributed by atoms with Crippen LogP contribution in [0.2, 0.25) is 0 Å². The summed E-state index contributed by atoms with van der Waals surface area (Å²) in [4.78, 5) is 10.9. The van der Waals surface area contributed by atoms with Crippen molar-refractivity contribution in [3.63, 3.8) is 0 Å². The van der Waals surface area contributed by atoms with Crippen molar-refractivity contribution in [3.05, 3.63) is 43.0 Å². The van der Waals surface area contributed by atoms with Crippen LogP contribution >= 0.6 is 0 Å². The molecular weight excluding hydrogens is 383 g/mol. The van der Waals surface area contributed by atoms with Gasteiger partial charge in [0.15, 0.2) is 0 Å². The van der Waals surface area contributed by atoms with Crippen LogP contribution in [-0.2, 0) is 0 Å². The Labute approximate surface area is 174 Å². The SMILES string of the molecule is CN(c1cnc(-c2ccc(-c3cn[nH]c3)cc2O)cn1)[C@@H]1C[C@H]2CCC[C@H](N2)[C@@H]1F. The van der Waals surface area contributed by atoms with Gasteiger partial charge in [0.25, 0.3) is 0 Å². The summed E-state index contributed by atoms with van der Waals surface area (Å²) < 4.78 is 15.0. The Kier molecular flexibility index (Phi) is 4.86. The number of hydrogen-bond donors (Lipinski definition) is 3. The number of aromatic amines is 1. The Balaban J connectivity index is 1.35. The highest BCUT2D eigenvalue weighted by Crippen LogP contribution is 2.34. The minimum atomic E-state index is -0.924. The van der Waals surface area contributed by atoms with E-state index in [0.717, 1.165) is 36.8 Å². The highest BCUT2D eigenvalue weighted by Gasteiger charge is 2.41. The molecule has 2 aromatic heterocycles. The van der Waals surface area contributed by atoms with Crippen LogP contribution in [-0.4, -0.2) is 56.6 Å². The van der Waals surface area contributed by atoms with Gasteiger partial charge in [-0.3, -0.25) is 10.1 Å². The molecule has 0 radical (unpaired) electrons. The van der Waals surface area contributed by atoms with Gasteiger partial charge in [-0.25, -0.2) is 9.37 Å². The average molecular weight is 408 g/mol. The number of H-pyrrole nitrogens is 1. The minimum absolute atomic E-state index is 0.0668. The molecule has 8 heteroatoms. The van der Waals surface area contributed by atoms with E-state index in [1.165, 1.54) is 0 Å². The van der Waals surface area contributed by atoms with Crippen molar-refractivity contribution in [1.29, 1.82) is 0 Å². The van der Waals surface area contributed by atoms with E-state index in [1.807, 2.05) is 24.1 Å². The molecule has 0 amide bonds. The fourth-order valence-electron chi connectivity index (χ4n) is 4.70. The quantitative estimate of drug-likeness (QED) is 0.614. The van der Waals surface area contributed by atoms with Crippen LogP contribution in [0.1, 0.15) is 25.7 Å². The van der Waals surface area contributed by atoms with Crippen LogP contribution in [0.15, 0.2) is 43.0 Å². The fourth-order valence-corrected chi connectivity index (χ4v) is 4.70. The van der Waals surface area contributed by atoms with Crippen LogP contribution < -0.4 is 10.2 Å². The van der Waals surface area contributed by atoms with Gasteiger partial charge in [0.1, 0.15) is 17.7 Å². The second-order valence-corrected chi connectivity index (χ2v) is 8.24. The summed E-state index contributed by atoms with van der Waals surface area (Å²) in [6, 6.07) is 5.51. The molecule has 4 heterocycles. The predicted molar refractivity (Wildman–Crippen MR) is 113 cm³/mol. The molecule has 5 rings (SSSR count). The second kappa shape index (κ2) is 7.68. The van der Waals surface area contributed by atoms with E-state index < -0.39 is 6.17 Å². The Morgan fingerprint density at radius 1 is 1.13 bits per heavy atom. The number of rotatable bonds is 4. The van der Waals surface area contributed by atoms with Gasteiger partial charge < -0.3 is 15.3 Å². The summed E-state index contributed by atoms with van der Waals surface area (Å²) >= 11 is 0. The number of nitrogens with one attached hydrogen (secondary N) is 2. The number of fused-ring (bicyclic) bond motifs is 2. The molecule has 2 fully saturated rings. The van der Waals surface area contributed by atoms with E-state index in [0.29, 0.717) is 23.1 Å². The molecule has 2 aliphatic rings. The Bertz CT molecular complexity index is 1010. The summed E-state index contributed by atoms with van der Waals surface area (Å²) in [6.45, 7) is 0. The molecule has 7 nitrogen and oxygen atoms in total. The van der Waals surface area contributed by atoms with Gasteiger partial charge >= 0.3 is 0 Å². The molecule has 2 aliphatic heterocycles. The maximum Gasteiger partial charge on any atom is 0.147 e. The normalized spacial score (nSPS) is 25.8. The third-order valence-electron chi connectivity index (χ3n) is 6.40. The number of phenols is 1. The molecule has 3 aromatic rings. The van der Waals surface area contributed by atoms with Gasteiger partial charge in [-0.1, -0.05) is 12.5 Å². The number of halogens is 1. The first-order valence-corrected chi connectivity index (χ1v) is 10.4. The molecule has 0 spiro atoms. The third kappa shape index (κ3) is 3.41. The average Bonchev–Trinajstić information content (AvgIpc) is 3.31. The zero-order valence-corrected chi connectivity index (χ0v) is 16.8. The van der Waals surface area contributed by atoms with Crippen molar-refractivity contribution in [2.45, 2.75) is 50.0 Å². The number of anilines is 1. The first kappa shape index (κ1) is 19.0. The van der Waals surface area contributed by atoms with E-state index in [-0.39, 0.29) is 17.8 Å². The first-order valence-electron chi connectivity index (χ1n) is 10.4. The monoisotopic (exact) mass is 408 g/mol.